The molecule has 0 saturated carbocycles. The molecule has 0 aliphatic rings. The average Bonchev–Trinajstić information content (AvgIpc) is 2.42. The van der Waals surface area contributed by atoms with Gasteiger partial charge in [-0.15, -0.1) is 0 Å². The van der Waals surface area contributed by atoms with Gasteiger partial charge in [0.25, 0.3) is 0 Å². The molecule has 2 nitrogen and oxygen atoms in total. The van der Waals surface area contributed by atoms with Crippen molar-refractivity contribution < 1.29 is 26.4 Å². The maximum Gasteiger partial charge on any atom is 0.384 e. The Morgan fingerprint density at radius 3 is 2.16 bits per heavy atom. The third-order valence-electron chi connectivity index (χ3n) is 2.71. The number of halogens is 4. The third kappa shape index (κ3) is 4.29. The third-order valence-corrected chi connectivity index (χ3v) is 4.38. The zero-order valence-electron chi connectivity index (χ0n) is 10.7. The van der Waals surface area contributed by atoms with E-state index in [0.717, 1.165) is 0 Å². The highest BCUT2D eigenvalue weighted by molar-refractivity contribution is 6.44. The summed E-state index contributed by atoms with van der Waals surface area (Å²) >= 11 is 0. The summed E-state index contributed by atoms with van der Waals surface area (Å²) in [5.74, 6) is -6.21. The second kappa shape index (κ2) is 7.61. The van der Waals surface area contributed by atoms with E-state index in [4.69, 9.17) is 8.85 Å². The molecule has 0 heterocycles. The van der Waals surface area contributed by atoms with Crippen LogP contribution in [0.25, 0.3) is 0 Å². The fourth-order valence-corrected chi connectivity index (χ4v) is 2.79. The highest BCUT2D eigenvalue weighted by Crippen LogP contribution is 2.20. The molecule has 0 spiro atoms. The second-order valence-corrected chi connectivity index (χ2v) is 6.01. The van der Waals surface area contributed by atoms with E-state index in [1.807, 2.05) is 0 Å². The quantitative estimate of drug-likeness (QED) is 0.252. The van der Waals surface area contributed by atoms with E-state index in [2.05, 4.69) is 0 Å². The monoisotopic (exact) mass is 295 g/mol. The second-order valence-electron chi connectivity index (χ2n) is 3.95. The Balaban J connectivity index is 2.55. The van der Waals surface area contributed by atoms with E-state index in [9.17, 15) is 17.6 Å². The maximum atomic E-state index is 13.3. The minimum absolute atomic E-state index is 0.141. The Hall–Kier alpha value is -0.923. The van der Waals surface area contributed by atoms with Crippen molar-refractivity contribution in [2.75, 3.05) is 14.2 Å². The lowest BCUT2D eigenvalue weighted by Crippen LogP contribution is -2.18. The Labute approximate surface area is 111 Å². The Morgan fingerprint density at radius 2 is 1.58 bits per heavy atom. The molecule has 0 aliphatic heterocycles. The average molecular weight is 295 g/mol. The van der Waals surface area contributed by atoms with Crippen molar-refractivity contribution in [3.8, 4) is 0 Å². The molecule has 0 saturated heterocycles. The molecule has 0 bridgehead atoms. The van der Waals surface area contributed by atoms with E-state index in [1.165, 1.54) is 0 Å². The summed E-state index contributed by atoms with van der Waals surface area (Å²) in [6, 6.07) is 1.39. The molecule has 0 unspecified atom stereocenters. The first kappa shape index (κ1) is 16.1. The summed E-state index contributed by atoms with van der Waals surface area (Å²) in [5.41, 5.74) is -0.153. The van der Waals surface area contributed by atoms with Crippen molar-refractivity contribution in [2.24, 2.45) is 0 Å². The van der Waals surface area contributed by atoms with Crippen molar-refractivity contribution in [2.45, 2.75) is 25.3 Å². The molecule has 0 fully saturated rings. The number of benzene rings is 1. The number of hydrogen-bond donors (Lipinski definition) is 0. The predicted octanol–water partition coefficient (Wildman–Crippen LogP) is 3.35. The largest absolute Gasteiger partial charge is 0.397 e. The highest BCUT2D eigenvalue weighted by atomic mass is 28.3. The first-order chi connectivity index (χ1) is 9.01. The van der Waals surface area contributed by atoms with E-state index in [0.29, 0.717) is 25.0 Å². The minimum Gasteiger partial charge on any atom is -0.397 e. The minimum atomic E-state index is -1.77. The molecule has 0 aliphatic carbocycles. The summed E-state index contributed by atoms with van der Waals surface area (Å²) in [7, 11) is 1.78. The van der Waals surface area contributed by atoms with Crippen LogP contribution in [0, 0.1) is 23.3 Å². The number of aryl methyl sites for hydroxylation is 1. The number of unbranched alkanes of at least 4 members (excludes halogenated alkanes) is 1. The van der Waals surface area contributed by atoms with E-state index in [1.54, 1.807) is 14.2 Å². The van der Waals surface area contributed by atoms with Crippen LogP contribution in [0.3, 0.4) is 0 Å². The van der Waals surface area contributed by atoms with Gasteiger partial charge < -0.3 is 8.85 Å². The van der Waals surface area contributed by atoms with Gasteiger partial charge in [-0.1, -0.05) is 6.42 Å². The van der Waals surface area contributed by atoms with Crippen molar-refractivity contribution in [3.05, 3.63) is 34.9 Å². The molecule has 0 N–H and O–H groups in total. The molecule has 0 atom stereocenters. The van der Waals surface area contributed by atoms with Crippen LogP contribution in [-0.2, 0) is 15.3 Å². The van der Waals surface area contributed by atoms with Gasteiger partial charge in [-0.2, -0.15) is 0 Å². The van der Waals surface area contributed by atoms with Crippen LogP contribution < -0.4 is 0 Å². The number of hydrogen-bond acceptors (Lipinski definition) is 2. The molecular weight excluding hydrogens is 280 g/mol. The van der Waals surface area contributed by atoms with Crippen molar-refractivity contribution in [1.82, 2.24) is 0 Å². The summed E-state index contributed by atoms with van der Waals surface area (Å²) < 4.78 is 62.1. The van der Waals surface area contributed by atoms with Crippen LogP contribution >= 0.6 is 0 Å². The van der Waals surface area contributed by atoms with E-state index >= 15 is 0 Å². The first-order valence-corrected chi connectivity index (χ1v) is 7.29. The fourth-order valence-electron chi connectivity index (χ4n) is 1.68. The molecule has 7 heteroatoms. The van der Waals surface area contributed by atoms with E-state index in [-0.39, 0.29) is 12.0 Å². The zero-order valence-corrected chi connectivity index (χ0v) is 11.7. The van der Waals surface area contributed by atoms with Crippen LogP contribution in [0.5, 0.6) is 0 Å². The van der Waals surface area contributed by atoms with Gasteiger partial charge in [0.1, 0.15) is 0 Å². The molecule has 1 radical (unpaired) electrons. The van der Waals surface area contributed by atoms with Gasteiger partial charge in [0, 0.05) is 14.2 Å². The van der Waals surface area contributed by atoms with Gasteiger partial charge in [0.15, 0.2) is 23.3 Å². The normalized spacial score (nSPS) is 11.3. The summed E-state index contributed by atoms with van der Waals surface area (Å²) in [4.78, 5) is 0. The molecule has 1 aromatic carbocycles. The standard InChI is InChI=1S/C12H15F4O2Si/c1-17-19(18-2)6-4-3-5-8-7-9(13)11(15)12(16)10(8)14/h7H,3-6H2,1-2H3. The lowest BCUT2D eigenvalue weighted by Gasteiger charge is -2.09. The molecule has 19 heavy (non-hydrogen) atoms. The van der Waals surface area contributed by atoms with Crippen LogP contribution in [0.15, 0.2) is 6.07 Å². The first-order valence-electron chi connectivity index (χ1n) is 5.77. The molecule has 0 amide bonds. The Kier molecular flexibility index (Phi) is 6.46. The molecular formula is C12H15F4O2Si. The van der Waals surface area contributed by atoms with Gasteiger partial charge in [-0.3, -0.25) is 0 Å². The van der Waals surface area contributed by atoms with Gasteiger partial charge >= 0.3 is 9.28 Å². The van der Waals surface area contributed by atoms with Gasteiger partial charge in [0.2, 0.25) is 0 Å². The van der Waals surface area contributed by atoms with Crippen LogP contribution in [0.2, 0.25) is 6.04 Å². The zero-order chi connectivity index (χ0) is 14.4. The smallest absolute Gasteiger partial charge is 0.384 e. The van der Waals surface area contributed by atoms with Crippen molar-refractivity contribution in [1.29, 1.82) is 0 Å². The molecule has 1 rings (SSSR count). The Bertz CT molecular complexity index is 425. The predicted molar refractivity (Wildman–Crippen MR) is 63.8 cm³/mol. The maximum absolute atomic E-state index is 13.3. The van der Waals surface area contributed by atoms with Crippen LogP contribution in [-0.4, -0.2) is 23.5 Å². The van der Waals surface area contributed by atoms with E-state index < -0.39 is 32.6 Å². The topological polar surface area (TPSA) is 18.5 Å². The molecule has 0 aromatic heterocycles. The van der Waals surface area contributed by atoms with Crippen molar-refractivity contribution in [3.63, 3.8) is 0 Å². The van der Waals surface area contributed by atoms with Crippen LogP contribution in [0.1, 0.15) is 18.4 Å². The fraction of sp³-hybridized carbons (Fsp3) is 0.500. The summed E-state index contributed by atoms with van der Waals surface area (Å²) in [5, 5.41) is 0. The molecule has 107 valence electrons. The Morgan fingerprint density at radius 1 is 0.947 bits per heavy atom. The van der Waals surface area contributed by atoms with Gasteiger partial charge in [0.05, 0.1) is 0 Å². The lowest BCUT2D eigenvalue weighted by atomic mass is 10.1. The summed E-state index contributed by atoms with van der Waals surface area (Å²) in [6.07, 6.45) is 1.33. The van der Waals surface area contributed by atoms with Gasteiger partial charge in [-0.25, -0.2) is 17.6 Å². The molecule has 1 aromatic rings. The van der Waals surface area contributed by atoms with Crippen LogP contribution in [0.4, 0.5) is 17.6 Å². The number of rotatable bonds is 7. The lowest BCUT2D eigenvalue weighted by molar-refractivity contribution is 0.276. The summed E-state index contributed by atoms with van der Waals surface area (Å²) in [6.45, 7) is 0. The highest BCUT2D eigenvalue weighted by Gasteiger charge is 2.18. The SMILES string of the molecule is CO[Si](CCCCc1cc(F)c(F)c(F)c1F)OC. The van der Waals surface area contributed by atoms with Crippen molar-refractivity contribution >= 4 is 9.28 Å². The van der Waals surface area contributed by atoms with Gasteiger partial charge in [-0.05, 0) is 30.5 Å².